The summed E-state index contributed by atoms with van der Waals surface area (Å²) in [6, 6.07) is 0. The average molecular weight is 421 g/mol. The maximum absolute atomic E-state index is 12.4. The molecule has 0 atom stereocenters. The molecule has 2 rings (SSSR count). The summed E-state index contributed by atoms with van der Waals surface area (Å²) >= 11 is 10.7. The molecule has 0 saturated carbocycles. The fourth-order valence-corrected chi connectivity index (χ4v) is 5.28. The minimum absolute atomic E-state index is 0.00878. The number of nitrogens with zero attached hydrogens (tertiary/aromatic N) is 4. The lowest BCUT2D eigenvalue weighted by atomic mass is 10.4. The van der Waals surface area contributed by atoms with E-state index in [9.17, 15) is 13.2 Å². The number of hydrogen-bond donors (Lipinski definition) is 0. The molecule has 148 valence electrons. The van der Waals surface area contributed by atoms with Crippen molar-refractivity contribution in [2.75, 3.05) is 58.4 Å². The van der Waals surface area contributed by atoms with Crippen LogP contribution in [0.5, 0.6) is 0 Å². The molecule has 0 radical (unpaired) electrons. The molecule has 26 heavy (non-hydrogen) atoms. The van der Waals surface area contributed by atoms with Crippen LogP contribution >= 0.6 is 24.4 Å². The minimum atomic E-state index is -3.57. The first-order valence-corrected chi connectivity index (χ1v) is 11.6. The average Bonchev–Trinajstić information content (AvgIpc) is 3.25. The number of likely N-dealkylation sites (N-methyl/N-ethyl adjacent to an activating group) is 1. The highest BCUT2D eigenvalue weighted by Crippen LogP contribution is 2.12. The molecule has 2 saturated heterocycles. The quantitative estimate of drug-likeness (QED) is 0.573. The molecule has 2 aliphatic rings. The van der Waals surface area contributed by atoms with Crippen molar-refractivity contribution in [2.24, 2.45) is 0 Å². The number of thiocarbonyl (C=S) groups is 2. The molecule has 0 aromatic carbocycles. The van der Waals surface area contributed by atoms with E-state index in [-0.39, 0.29) is 18.2 Å². The third kappa shape index (κ3) is 6.02. The Hall–Kier alpha value is -1.00. The van der Waals surface area contributed by atoms with Gasteiger partial charge in [-0.1, -0.05) is 0 Å². The number of likely N-dealkylation sites (tertiary alicyclic amines) is 2. The smallest absolute Gasteiger partial charge is 0.175 e. The van der Waals surface area contributed by atoms with E-state index in [1.54, 1.807) is 23.9 Å². The highest BCUT2D eigenvalue weighted by Gasteiger charge is 2.25. The zero-order chi connectivity index (χ0) is 19.3. The fourth-order valence-electron chi connectivity index (χ4n) is 3.32. The lowest BCUT2D eigenvalue weighted by Crippen LogP contribution is -2.44. The van der Waals surface area contributed by atoms with Crippen LogP contribution in [-0.2, 0) is 14.6 Å². The van der Waals surface area contributed by atoms with Crippen molar-refractivity contribution < 1.29 is 13.2 Å². The normalized spacial score (nSPS) is 17.5. The standard InChI is InChI=1S/C16H28N4O3S3/c1-17(15(24)19-7-3-4-8-19)11-14(21)12-26(22,23)13-18(2)16(25)20-9-5-6-10-20/h3-13H2,1-2H3. The van der Waals surface area contributed by atoms with Gasteiger partial charge in [0.2, 0.25) is 0 Å². The summed E-state index contributed by atoms with van der Waals surface area (Å²) in [5, 5.41) is 1.14. The van der Waals surface area contributed by atoms with E-state index in [1.165, 1.54) is 0 Å². The van der Waals surface area contributed by atoms with Crippen LogP contribution in [0.15, 0.2) is 0 Å². The number of carbonyl (C=O) groups excluding carboxylic acids is 1. The number of Topliss-reactive ketones (excluding diaryl/α,β-unsaturated/α-hetero) is 1. The summed E-state index contributed by atoms with van der Waals surface area (Å²) in [6.07, 6.45) is 4.34. The molecule has 0 bridgehead atoms. The van der Waals surface area contributed by atoms with Crippen LogP contribution in [0, 0.1) is 0 Å². The number of ketones is 1. The van der Waals surface area contributed by atoms with E-state index in [2.05, 4.69) is 4.90 Å². The van der Waals surface area contributed by atoms with Crippen LogP contribution in [0.1, 0.15) is 25.7 Å². The molecule has 0 aromatic heterocycles. The monoisotopic (exact) mass is 420 g/mol. The van der Waals surface area contributed by atoms with Crippen molar-refractivity contribution in [1.29, 1.82) is 0 Å². The maximum atomic E-state index is 12.4. The van der Waals surface area contributed by atoms with Gasteiger partial charge in [0.15, 0.2) is 25.8 Å². The Balaban J connectivity index is 1.82. The summed E-state index contributed by atoms with van der Waals surface area (Å²) in [7, 11) is -0.166. The molecule has 0 spiro atoms. The summed E-state index contributed by atoms with van der Waals surface area (Å²) in [5.74, 6) is -1.09. The summed E-state index contributed by atoms with van der Waals surface area (Å²) in [6.45, 7) is 3.53. The van der Waals surface area contributed by atoms with Crippen LogP contribution in [0.3, 0.4) is 0 Å². The molecule has 7 nitrogen and oxygen atoms in total. The molecular weight excluding hydrogens is 392 g/mol. The first kappa shape index (κ1) is 21.3. The van der Waals surface area contributed by atoms with Gasteiger partial charge in [-0.05, 0) is 50.1 Å². The van der Waals surface area contributed by atoms with Gasteiger partial charge in [-0.15, -0.1) is 0 Å². The van der Waals surface area contributed by atoms with Gasteiger partial charge >= 0.3 is 0 Å². The van der Waals surface area contributed by atoms with E-state index in [4.69, 9.17) is 24.4 Å². The number of carbonyl (C=O) groups is 1. The van der Waals surface area contributed by atoms with Gasteiger partial charge in [-0.25, -0.2) is 8.42 Å². The number of hydrogen-bond acceptors (Lipinski definition) is 5. The second-order valence-corrected chi connectivity index (χ2v) is 9.83. The van der Waals surface area contributed by atoms with Crippen LogP contribution in [0.4, 0.5) is 0 Å². The predicted molar refractivity (Wildman–Crippen MR) is 111 cm³/mol. The Kier molecular flexibility index (Phi) is 7.60. The highest BCUT2D eigenvalue weighted by atomic mass is 32.2. The van der Waals surface area contributed by atoms with Crippen molar-refractivity contribution in [3.05, 3.63) is 0 Å². The molecule has 10 heteroatoms. The van der Waals surface area contributed by atoms with Crippen molar-refractivity contribution in [3.8, 4) is 0 Å². The third-order valence-electron chi connectivity index (χ3n) is 4.59. The number of sulfone groups is 1. The minimum Gasteiger partial charge on any atom is -0.349 e. The molecule has 0 unspecified atom stereocenters. The van der Waals surface area contributed by atoms with Gasteiger partial charge in [0.25, 0.3) is 0 Å². The van der Waals surface area contributed by atoms with Gasteiger partial charge < -0.3 is 19.6 Å². The van der Waals surface area contributed by atoms with Crippen molar-refractivity contribution in [1.82, 2.24) is 19.6 Å². The largest absolute Gasteiger partial charge is 0.349 e. The van der Waals surface area contributed by atoms with Crippen molar-refractivity contribution in [3.63, 3.8) is 0 Å². The molecule has 2 heterocycles. The van der Waals surface area contributed by atoms with Crippen LogP contribution < -0.4 is 0 Å². The molecule has 2 aliphatic heterocycles. The van der Waals surface area contributed by atoms with Gasteiger partial charge in [0, 0.05) is 40.3 Å². The van der Waals surface area contributed by atoms with Crippen LogP contribution in [0.25, 0.3) is 0 Å². The summed E-state index contributed by atoms with van der Waals surface area (Å²) in [5.41, 5.74) is 0. The zero-order valence-electron chi connectivity index (χ0n) is 15.5. The zero-order valence-corrected chi connectivity index (χ0v) is 18.0. The van der Waals surface area contributed by atoms with Crippen molar-refractivity contribution in [2.45, 2.75) is 25.7 Å². The molecule has 2 fully saturated rings. The maximum Gasteiger partial charge on any atom is 0.175 e. The van der Waals surface area contributed by atoms with Crippen molar-refractivity contribution >= 4 is 50.3 Å². The fraction of sp³-hybridized carbons (Fsp3) is 0.812. The van der Waals surface area contributed by atoms with E-state index in [1.807, 2.05) is 4.90 Å². The Bertz CT molecular complexity index is 641. The number of rotatable bonds is 6. The SMILES string of the molecule is CN(CC(=O)CS(=O)(=O)CN(C)C(=S)N1CCCC1)C(=S)N1CCCC1. The van der Waals surface area contributed by atoms with Gasteiger partial charge in [-0.2, -0.15) is 0 Å². The Morgan fingerprint density at radius 1 is 0.885 bits per heavy atom. The van der Waals surface area contributed by atoms with Gasteiger partial charge in [0.1, 0.15) is 11.6 Å². The molecular formula is C16H28N4O3S3. The second-order valence-electron chi connectivity index (χ2n) is 7.06. The Labute approximate surface area is 167 Å². The Morgan fingerprint density at radius 2 is 1.31 bits per heavy atom. The van der Waals surface area contributed by atoms with E-state index in [0.29, 0.717) is 10.2 Å². The molecule has 0 amide bonds. The summed E-state index contributed by atoms with van der Waals surface area (Å²) in [4.78, 5) is 19.5. The van der Waals surface area contributed by atoms with Crippen LogP contribution in [-0.4, -0.2) is 102 Å². The first-order valence-electron chi connectivity index (χ1n) is 8.92. The van der Waals surface area contributed by atoms with E-state index < -0.39 is 15.6 Å². The predicted octanol–water partition coefficient (Wildman–Crippen LogP) is 0.553. The first-order chi connectivity index (χ1) is 12.2. The van der Waals surface area contributed by atoms with Crippen LogP contribution in [0.2, 0.25) is 0 Å². The Morgan fingerprint density at radius 3 is 1.77 bits per heavy atom. The third-order valence-corrected chi connectivity index (χ3v) is 7.27. The highest BCUT2D eigenvalue weighted by molar-refractivity contribution is 7.92. The second kappa shape index (κ2) is 9.27. The lowest BCUT2D eigenvalue weighted by Gasteiger charge is -2.28. The molecule has 0 aromatic rings. The topological polar surface area (TPSA) is 64.2 Å². The summed E-state index contributed by atoms with van der Waals surface area (Å²) < 4.78 is 24.8. The van der Waals surface area contributed by atoms with E-state index in [0.717, 1.165) is 51.9 Å². The van der Waals surface area contributed by atoms with Gasteiger partial charge in [-0.3, -0.25) is 4.79 Å². The van der Waals surface area contributed by atoms with E-state index >= 15 is 0 Å². The molecule has 0 aliphatic carbocycles. The lowest BCUT2D eigenvalue weighted by molar-refractivity contribution is -0.116. The molecule has 0 N–H and O–H groups in total. The van der Waals surface area contributed by atoms with Gasteiger partial charge in [0.05, 0.1) is 6.54 Å².